The maximum Gasteiger partial charge on any atom is 0.416 e. The van der Waals surface area contributed by atoms with E-state index in [-0.39, 0.29) is 17.9 Å². The molecule has 3 rings (SSSR count). The molecule has 1 amide bonds. The first-order valence-electron chi connectivity index (χ1n) is 7.94. The van der Waals surface area contributed by atoms with Crippen LogP contribution in [0.5, 0.6) is 0 Å². The van der Waals surface area contributed by atoms with Crippen molar-refractivity contribution in [1.82, 2.24) is 4.90 Å². The van der Waals surface area contributed by atoms with Gasteiger partial charge in [-0.05, 0) is 49.8 Å². The minimum atomic E-state index is -4.31. The number of likely N-dealkylation sites (tertiary alicyclic amines) is 1. The lowest BCUT2D eigenvalue weighted by Crippen LogP contribution is -2.43. The number of rotatable bonds is 2. The van der Waals surface area contributed by atoms with E-state index in [0.29, 0.717) is 0 Å². The SMILES string of the molecule is O=C(C1CCC1)N1CCCC[C@@H]1c1ccc(C(F)(F)F)cc1. The van der Waals surface area contributed by atoms with Gasteiger partial charge in [0, 0.05) is 12.5 Å². The Hall–Kier alpha value is -1.52. The van der Waals surface area contributed by atoms with Crippen molar-refractivity contribution in [3.8, 4) is 0 Å². The number of alkyl halides is 3. The molecular formula is C17H20F3NO. The molecule has 0 N–H and O–H groups in total. The molecule has 1 aromatic carbocycles. The van der Waals surface area contributed by atoms with Crippen molar-refractivity contribution >= 4 is 5.91 Å². The number of amides is 1. The molecule has 0 bridgehead atoms. The van der Waals surface area contributed by atoms with E-state index >= 15 is 0 Å². The van der Waals surface area contributed by atoms with Crippen LogP contribution < -0.4 is 0 Å². The lowest BCUT2D eigenvalue weighted by atomic mass is 9.83. The molecule has 0 radical (unpaired) electrons. The fourth-order valence-corrected chi connectivity index (χ4v) is 3.33. The maximum absolute atomic E-state index is 12.7. The quantitative estimate of drug-likeness (QED) is 0.784. The average molecular weight is 311 g/mol. The van der Waals surface area contributed by atoms with Crippen molar-refractivity contribution in [2.75, 3.05) is 6.54 Å². The number of piperidine rings is 1. The zero-order chi connectivity index (χ0) is 15.7. The summed E-state index contributed by atoms with van der Waals surface area (Å²) >= 11 is 0. The van der Waals surface area contributed by atoms with E-state index in [1.165, 1.54) is 12.1 Å². The third-order valence-electron chi connectivity index (χ3n) is 4.86. The van der Waals surface area contributed by atoms with E-state index in [9.17, 15) is 18.0 Å². The average Bonchev–Trinajstić information content (AvgIpc) is 2.45. The topological polar surface area (TPSA) is 20.3 Å². The van der Waals surface area contributed by atoms with Crippen molar-refractivity contribution in [2.24, 2.45) is 5.92 Å². The molecular weight excluding hydrogens is 291 g/mol. The van der Waals surface area contributed by atoms with Crippen molar-refractivity contribution in [3.05, 3.63) is 35.4 Å². The molecule has 1 saturated carbocycles. The highest BCUT2D eigenvalue weighted by atomic mass is 19.4. The summed E-state index contributed by atoms with van der Waals surface area (Å²) in [7, 11) is 0. The number of benzene rings is 1. The number of halogens is 3. The van der Waals surface area contributed by atoms with Gasteiger partial charge in [-0.2, -0.15) is 13.2 Å². The number of hydrogen-bond acceptors (Lipinski definition) is 1. The molecule has 1 saturated heterocycles. The van der Waals surface area contributed by atoms with Gasteiger partial charge in [-0.15, -0.1) is 0 Å². The van der Waals surface area contributed by atoms with Gasteiger partial charge in [-0.25, -0.2) is 0 Å². The molecule has 1 atom stereocenters. The fraction of sp³-hybridized carbons (Fsp3) is 0.588. The van der Waals surface area contributed by atoms with Gasteiger partial charge in [0.2, 0.25) is 5.91 Å². The van der Waals surface area contributed by atoms with Crippen LogP contribution in [-0.4, -0.2) is 17.4 Å². The number of carbonyl (C=O) groups is 1. The lowest BCUT2D eigenvalue weighted by Gasteiger charge is -2.40. The Bertz CT molecular complexity index is 534. The summed E-state index contributed by atoms with van der Waals surface area (Å²) in [6.07, 6.45) is 1.53. The second kappa shape index (κ2) is 5.94. The van der Waals surface area contributed by atoms with E-state index in [1.807, 2.05) is 4.90 Å². The third-order valence-corrected chi connectivity index (χ3v) is 4.86. The number of hydrogen-bond donors (Lipinski definition) is 0. The maximum atomic E-state index is 12.7. The first-order valence-corrected chi connectivity index (χ1v) is 7.94. The predicted octanol–water partition coefficient (Wildman–Crippen LogP) is 4.56. The lowest BCUT2D eigenvalue weighted by molar-refractivity contribution is -0.142. The predicted molar refractivity (Wildman–Crippen MR) is 77.1 cm³/mol. The van der Waals surface area contributed by atoms with Crippen LogP contribution in [0.25, 0.3) is 0 Å². The third kappa shape index (κ3) is 2.99. The molecule has 1 heterocycles. The Morgan fingerprint density at radius 1 is 1.00 bits per heavy atom. The molecule has 1 aliphatic carbocycles. The minimum Gasteiger partial charge on any atom is -0.335 e. The summed E-state index contributed by atoms with van der Waals surface area (Å²) in [4.78, 5) is 14.4. The monoisotopic (exact) mass is 311 g/mol. The summed E-state index contributed by atoms with van der Waals surface area (Å²) in [5.74, 6) is 0.325. The van der Waals surface area contributed by atoms with E-state index in [4.69, 9.17) is 0 Å². The number of carbonyl (C=O) groups excluding carboxylic acids is 1. The summed E-state index contributed by atoms with van der Waals surface area (Å²) in [5, 5.41) is 0. The molecule has 1 aliphatic heterocycles. The Labute approximate surface area is 128 Å². The molecule has 2 fully saturated rings. The van der Waals surface area contributed by atoms with Crippen molar-refractivity contribution in [2.45, 2.75) is 50.7 Å². The van der Waals surface area contributed by atoms with Gasteiger partial charge in [0.1, 0.15) is 0 Å². The van der Waals surface area contributed by atoms with E-state index in [2.05, 4.69) is 0 Å². The highest BCUT2D eigenvalue weighted by Crippen LogP contribution is 2.37. The van der Waals surface area contributed by atoms with Gasteiger partial charge in [0.05, 0.1) is 11.6 Å². The fourth-order valence-electron chi connectivity index (χ4n) is 3.33. The smallest absolute Gasteiger partial charge is 0.335 e. The molecule has 2 nitrogen and oxygen atoms in total. The van der Waals surface area contributed by atoms with Crippen LogP contribution in [0.1, 0.15) is 55.7 Å². The Morgan fingerprint density at radius 2 is 1.68 bits per heavy atom. The van der Waals surface area contributed by atoms with Gasteiger partial charge in [-0.1, -0.05) is 18.6 Å². The van der Waals surface area contributed by atoms with E-state index in [1.54, 1.807) is 0 Å². The highest BCUT2D eigenvalue weighted by Gasteiger charge is 2.35. The Morgan fingerprint density at radius 3 is 2.23 bits per heavy atom. The van der Waals surface area contributed by atoms with Gasteiger partial charge < -0.3 is 4.90 Å². The first-order chi connectivity index (χ1) is 10.5. The van der Waals surface area contributed by atoms with Gasteiger partial charge in [0.15, 0.2) is 0 Å². The molecule has 22 heavy (non-hydrogen) atoms. The molecule has 0 aromatic heterocycles. The molecule has 120 valence electrons. The van der Waals surface area contributed by atoms with Crippen LogP contribution in [0, 0.1) is 5.92 Å². The van der Waals surface area contributed by atoms with Gasteiger partial charge >= 0.3 is 6.18 Å². The standard InChI is InChI=1S/C17H20F3NO/c18-17(19,20)14-9-7-12(8-10-14)15-6-1-2-11-21(15)16(22)13-4-3-5-13/h7-10,13,15H,1-6,11H2/t15-/m1/s1. The summed E-state index contributed by atoms with van der Waals surface area (Å²) in [6.45, 7) is 0.723. The van der Waals surface area contributed by atoms with Crippen LogP contribution >= 0.6 is 0 Å². The molecule has 1 aromatic rings. The van der Waals surface area contributed by atoms with Gasteiger partial charge in [0.25, 0.3) is 0 Å². The van der Waals surface area contributed by atoms with Crippen LogP contribution in [-0.2, 0) is 11.0 Å². The van der Waals surface area contributed by atoms with Gasteiger partial charge in [-0.3, -0.25) is 4.79 Å². The largest absolute Gasteiger partial charge is 0.416 e. The molecule has 2 aliphatic rings. The van der Waals surface area contributed by atoms with Crippen molar-refractivity contribution in [1.29, 1.82) is 0 Å². The van der Waals surface area contributed by atoms with E-state index < -0.39 is 11.7 Å². The summed E-state index contributed by atoms with van der Waals surface area (Å²) in [6, 6.07) is 5.23. The minimum absolute atomic E-state index is 0.0656. The first kappa shape index (κ1) is 15.4. The molecule has 5 heteroatoms. The van der Waals surface area contributed by atoms with Crippen molar-refractivity contribution < 1.29 is 18.0 Å². The highest BCUT2D eigenvalue weighted by molar-refractivity contribution is 5.80. The van der Waals surface area contributed by atoms with Crippen LogP contribution in [0.3, 0.4) is 0 Å². The Balaban J connectivity index is 1.79. The zero-order valence-electron chi connectivity index (χ0n) is 12.4. The van der Waals surface area contributed by atoms with Crippen LogP contribution in [0.2, 0.25) is 0 Å². The normalized spacial score (nSPS) is 23.2. The number of nitrogens with zero attached hydrogens (tertiary/aromatic N) is 1. The van der Waals surface area contributed by atoms with E-state index in [0.717, 1.165) is 62.8 Å². The summed E-state index contributed by atoms with van der Waals surface area (Å²) < 4.78 is 38.0. The van der Waals surface area contributed by atoms with Crippen LogP contribution in [0.15, 0.2) is 24.3 Å². The molecule has 0 unspecified atom stereocenters. The second-order valence-electron chi connectivity index (χ2n) is 6.29. The van der Waals surface area contributed by atoms with Crippen molar-refractivity contribution in [3.63, 3.8) is 0 Å². The second-order valence-corrected chi connectivity index (χ2v) is 6.29. The zero-order valence-corrected chi connectivity index (χ0v) is 12.4. The molecule has 0 spiro atoms. The van der Waals surface area contributed by atoms with Crippen LogP contribution in [0.4, 0.5) is 13.2 Å². The summed E-state index contributed by atoms with van der Waals surface area (Å²) in [5.41, 5.74) is 0.185. The Kier molecular flexibility index (Phi) is 4.15.